The van der Waals surface area contributed by atoms with Crippen LogP contribution in [0.15, 0.2) is 48.5 Å². The molecule has 6 heteroatoms. The molecule has 3 rings (SSSR count). The SMILES string of the molecule is Cc1ccc(N[C@H]2CC(=O)N(c3cccc(C(=O)O)c3)C2=O)cc1. The molecule has 1 aliphatic heterocycles. The number of benzene rings is 2. The number of hydrogen-bond acceptors (Lipinski definition) is 4. The molecule has 6 nitrogen and oxygen atoms in total. The first-order valence-electron chi connectivity index (χ1n) is 7.49. The third kappa shape index (κ3) is 2.99. The van der Waals surface area contributed by atoms with Crippen LogP contribution < -0.4 is 10.2 Å². The number of imide groups is 1. The number of hydrogen-bond donors (Lipinski definition) is 2. The van der Waals surface area contributed by atoms with Crippen molar-refractivity contribution in [3.05, 3.63) is 59.7 Å². The average molecular weight is 324 g/mol. The van der Waals surface area contributed by atoms with Crippen molar-refractivity contribution < 1.29 is 19.5 Å². The van der Waals surface area contributed by atoms with E-state index in [1.807, 2.05) is 31.2 Å². The van der Waals surface area contributed by atoms with Crippen molar-refractivity contribution in [1.29, 1.82) is 0 Å². The fraction of sp³-hybridized carbons (Fsp3) is 0.167. The predicted molar refractivity (Wildman–Crippen MR) is 89.1 cm³/mol. The molecule has 2 aromatic carbocycles. The Balaban J connectivity index is 1.82. The van der Waals surface area contributed by atoms with E-state index in [2.05, 4.69) is 5.32 Å². The summed E-state index contributed by atoms with van der Waals surface area (Å²) < 4.78 is 0. The summed E-state index contributed by atoms with van der Waals surface area (Å²) in [7, 11) is 0. The van der Waals surface area contributed by atoms with Crippen LogP contribution in [0.4, 0.5) is 11.4 Å². The van der Waals surface area contributed by atoms with Crippen molar-refractivity contribution in [1.82, 2.24) is 0 Å². The summed E-state index contributed by atoms with van der Waals surface area (Å²) in [6, 6.07) is 12.7. The fourth-order valence-corrected chi connectivity index (χ4v) is 2.64. The Morgan fingerprint density at radius 2 is 1.88 bits per heavy atom. The number of carboxylic acid groups (broad SMARTS) is 1. The zero-order valence-corrected chi connectivity index (χ0v) is 13.0. The lowest BCUT2D eigenvalue weighted by atomic mass is 10.2. The van der Waals surface area contributed by atoms with Gasteiger partial charge in [0.2, 0.25) is 5.91 Å². The van der Waals surface area contributed by atoms with Gasteiger partial charge in [-0.2, -0.15) is 0 Å². The van der Waals surface area contributed by atoms with Gasteiger partial charge in [-0.1, -0.05) is 23.8 Å². The van der Waals surface area contributed by atoms with Crippen LogP contribution in [0.3, 0.4) is 0 Å². The van der Waals surface area contributed by atoms with Gasteiger partial charge in [-0.05, 0) is 37.3 Å². The zero-order chi connectivity index (χ0) is 17.3. The Bertz CT molecular complexity index is 814. The van der Waals surface area contributed by atoms with Crippen LogP contribution in [0, 0.1) is 6.92 Å². The van der Waals surface area contributed by atoms with Gasteiger partial charge >= 0.3 is 5.97 Å². The van der Waals surface area contributed by atoms with E-state index in [0.717, 1.165) is 16.2 Å². The van der Waals surface area contributed by atoms with E-state index < -0.39 is 12.0 Å². The molecule has 0 radical (unpaired) electrons. The number of nitrogens with one attached hydrogen (secondary N) is 1. The van der Waals surface area contributed by atoms with E-state index >= 15 is 0 Å². The van der Waals surface area contributed by atoms with Crippen LogP contribution in [0.2, 0.25) is 0 Å². The maximum atomic E-state index is 12.6. The van der Waals surface area contributed by atoms with E-state index in [4.69, 9.17) is 5.11 Å². The van der Waals surface area contributed by atoms with Crippen LogP contribution in [0.25, 0.3) is 0 Å². The number of carbonyl (C=O) groups is 3. The van der Waals surface area contributed by atoms with Crippen molar-refractivity contribution >= 4 is 29.2 Å². The summed E-state index contributed by atoms with van der Waals surface area (Å²) in [4.78, 5) is 36.9. The van der Waals surface area contributed by atoms with Gasteiger partial charge in [0, 0.05) is 5.69 Å². The maximum absolute atomic E-state index is 12.6. The van der Waals surface area contributed by atoms with E-state index in [0.29, 0.717) is 0 Å². The molecule has 1 atom stereocenters. The zero-order valence-electron chi connectivity index (χ0n) is 13.0. The third-order valence-electron chi connectivity index (χ3n) is 3.89. The molecule has 2 N–H and O–H groups in total. The second-order valence-corrected chi connectivity index (χ2v) is 5.69. The van der Waals surface area contributed by atoms with Gasteiger partial charge in [0.15, 0.2) is 0 Å². The molecule has 0 saturated carbocycles. The Kier molecular flexibility index (Phi) is 4.04. The standard InChI is InChI=1S/C18H16N2O4/c1-11-5-7-13(8-6-11)19-15-10-16(21)20(17(15)22)14-4-2-3-12(9-14)18(23)24/h2-9,15,19H,10H2,1H3,(H,23,24)/t15-/m0/s1. The molecular formula is C18H16N2O4. The smallest absolute Gasteiger partial charge is 0.335 e. The number of amides is 2. The number of nitrogens with zero attached hydrogens (tertiary/aromatic N) is 1. The first-order chi connectivity index (χ1) is 11.5. The first kappa shape index (κ1) is 15.7. The highest BCUT2D eigenvalue weighted by Crippen LogP contribution is 2.25. The molecule has 1 saturated heterocycles. The molecule has 1 heterocycles. The number of anilines is 2. The van der Waals surface area contributed by atoms with Crippen LogP contribution in [-0.2, 0) is 9.59 Å². The quantitative estimate of drug-likeness (QED) is 0.844. The Morgan fingerprint density at radius 3 is 2.54 bits per heavy atom. The first-order valence-corrected chi connectivity index (χ1v) is 7.49. The molecule has 0 spiro atoms. The Hall–Kier alpha value is -3.15. The van der Waals surface area contributed by atoms with Gasteiger partial charge in [0.1, 0.15) is 6.04 Å². The molecule has 0 unspecified atom stereocenters. The van der Waals surface area contributed by atoms with Crippen molar-refractivity contribution in [2.24, 2.45) is 0 Å². The minimum Gasteiger partial charge on any atom is -0.478 e. The minimum atomic E-state index is -1.11. The van der Waals surface area contributed by atoms with Gasteiger partial charge in [-0.15, -0.1) is 0 Å². The van der Waals surface area contributed by atoms with Crippen molar-refractivity contribution in [3.63, 3.8) is 0 Å². The highest BCUT2D eigenvalue weighted by atomic mass is 16.4. The number of rotatable bonds is 4. The van der Waals surface area contributed by atoms with E-state index in [1.54, 1.807) is 6.07 Å². The van der Waals surface area contributed by atoms with Gasteiger partial charge in [-0.25, -0.2) is 9.69 Å². The monoisotopic (exact) mass is 324 g/mol. The van der Waals surface area contributed by atoms with E-state index in [1.165, 1.54) is 18.2 Å². The molecule has 24 heavy (non-hydrogen) atoms. The number of carbonyl (C=O) groups excluding carboxylic acids is 2. The summed E-state index contributed by atoms with van der Waals surface area (Å²) >= 11 is 0. The van der Waals surface area contributed by atoms with E-state index in [-0.39, 0.29) is 29.5 Å². The lowest BCUT2D eigenvalue weighted by Gasteiger charge is -2.16. The number of aromatic carboxylic acids is 1. The lowest BCUT2D eigenvalue weighted by Crippen LogP contribution is -2.34. The van der Waals surface area contributed by atoms with Crippen molar-refractivity contribution in [3.8, 4) is 0 Å². The van der Waals surface area contributed by atoms with Crippen molar-refractivity contribution in [2.75, 3.05) is 10.2 Å². The molecule has 122 valence electrons. The molecule has 0 aromatic heterocycles. The van der Waals surface area contributed by atoms with Crippen LogP contribution in [0.5, 0.6) is 0 Å². The molecule has 1 aliphatic rings. The largest absolute Gasteiger partial charge is 0.478 e. The molecule has 0 bridgehead atoms. The molecule has 2 amide bonds. The summed E-state index contributed by atoms with van der Waals surface area (Å²) in [5, 5.41) is 12.1. The third-order valence-corrected chi connectivity index (χ3v) is 3.89. The number of aryl methyl sites for hydroxylation is 1. The van der Waals surface area contributed by atoms with Gasteiger partial charge < -0.3 is 10.4 Å². The molecular weight excluding hydrogens is 308 g/mol. The van der Waals surface area contributed by atoms with E-state index in [9.17, 15) is 14.4 Å². The van der Waals surface area contributed by atoms with Crippen LogP contribution >= 0.6 is 0 Å². The van der Waals surface area contributed by atoms with Crippen LogP contribution in [-0.4, -0.2) is 28.9 Å². The lowest BCUT2D eigenvalue weighted by molar-refractivity contribution is -0.121. The molecule has 1 fully saturated rings. The fourth-order valence-electron chi connectivity index (χ4n) is 2.64. The summed E-state index contributed by atoms with van der Waals surface area (Å²) in [6.45, 7) is 1.96. The summed E-state index contributed by atoms with van der Waals surface area (Å²) in [6.07, 6.45) is 0.0318. The maximum Gasteiger partial charge on any atom is 0.335 e. The number of carboxylic acids is 1. The topological polar surface area (TPSA) is 86.7 Å². The predicted octanol–water partition coefficient (Wildman–Crippen LogP) is 2.44. The highest BCUT2D eigenvalue weighted by Gasteiger charge is 2.39. The summed E-state index contributed by atoms with van der Waals surface area (Å²) in [5.41, 5.74) is 2.16. The second kappa shape index (κ2) is 6.16. The average Bonchev–Trinajstić information content (AvgIpc) is 2.83. The summed E-state index contributed by atoms with van der Waals surface area (Å²) in [5.74, 6) is -1.85. The highest BCUT2D eigenvalue weighted by molar-refractivity contribution is 6.23. The molecule has 2 aromatic rings. The van der Waals surface area contributed by atoms with Gasteiger partial charge in [-0.3, -0.25) is 9.59 Å². The van der Waals surface area contributed by atoms with Crippen molar-refractivity contribution in [2.45, 2.75) is 19.4 Å². The van der Waals surface area contributed by atoms with Gasteiger partial charge in [0.25, 0.3) is 5.91 Å². The Labute approximate surface area is 138 Å². The van der Waals surface area contributed by atoms with Crippen LogP contribution in [0.1, 0.15) is 22.3 Å². The second-order valence-electron chi connectivity index (χ2n) is 5.69. The minimum absolute atomic E-state index is 0.0306. The molecule has 0 aliphatic carbocycles. The van der Waals surface area contributed by atoms with Gasteiger partial charge in [0.05, 0.1) is 17.7 Å². The Morgan fingerprint density at radius 1 is 1.17 bits per heavy atom. The normalized spacial score (nSPS) is 17.2.